The third-order valence-corrected chi connectivity index (χ3v) is 12.0. The Morgan fingerprint density at radius 1 is 0.519 bits per heavy atom. The first-order valence-corrected chi connectivity index (χ1v) is 17.6. The Bertz CT molecular complexity index is 2470. The fraction of sp³-hybridized carbons (Fsp3) is 0.150. The van der Waals surface area contributed by atoms with Crippen LogP contribution in [0.1, 0.15) is 80.4 Å². The maximum absolute atomic E-state index is 14.5. The number of carbonyl (C=O) groups excluding carboxylic acids is 4. The van der Waals surface area contributed by atoms with Crippen LogP contribution in [0.2, 0.25) is 0 Å². The van der Waals surface area contributed by atoms with E-state index in [4.69, 9.17) is 9.47 Å². The lowest BCUT2D eigenvalue weighted by Gasteiger charge is -2.36. The normalized spacial score (nSPS) is 18.8. The van der Waals surface area contributed by atoms with E-state index >= 15 is 0 Å². The van der Waals surface area contributed by atoms with E-state index in [2.05, 4.69) is 0 Å². The fourth-order valence-electron chi connectivity index (χ4n) is 7.32. The van der Waals surface area contributed by atoms with Crippen molar-refractivity contribution in [3.8, 4) is 32.4 Å². The van der Waals surface area contributed by atoms with E-state index in [0.29, 0.717) is 44.5 Å². The zero-order valence-electron chi connectivity index (χ0n) is 27.6. The summed E-state index contributed by atoms with van der Waals surface area (Å²) < 4.78 is 70.4. The summed E-state index contributed by atoms with van der Waals surface area (Å²) >= 11 is 2.65. The van der Waals surface area contributed by atoms with Crippen LogP contribution in [0.15, 0.2) is 48.5 Å². The number of halogens is 4. The highest BCUT2D eigenvalue weighted by Crippen LogP contribution is 2.57. The van der Waals surface area contributed by atoms with Gasteiger partial charge in [-0.05, 0) is 76.2 Å². The molecular weight excluding hydrogens is 717 g/mol. The van der Waals surface area contributed by atoms with Gasteiger partial charge < -0.3 is 9.47 Å². The molecule has 0 saturated heterocycles. The zero-order chi connectivity index (χ0) is 36.8. The number of Topliss-reactive ketones (excluding diaryl/α,β-unsaturated/α-hetero) is 4. The Kier molecular flexibility index (Phi) is 6.58. The molecule has 9 rings (SSSR count). The first-order valence-electron chi connectivity index (χ1n) is 16.0. The SMILES string of the molecule is CC1(C)Oc2cc3c(cc2-c2sc(/C=C4\C(=O)C(=O)c5c(F)cc(F)cc54)cc21)OC(C)(C)c1cc(/C=C2\C(=O)C(=O)c4c(F)cc(F)cc42)sc1-3. The second-order valence-corrected chi connectivity index (χ2v) is 16.1. The Labute approximate surface area is 300 Å². The van der Waals surface area contributed by atoms with Gasteiger partial charge in [0.2, 0.25) is 23.1 Å². The summed E-state index contributed by atoms with van der Waals surface area (Å²) in [4.78, 5) is 53.8. The Balaban J connectivity index is 1.15. The smallest absolute Gasteiger partial charge is 0.237 e. The maximum Gasteiger partial charge on any atom is 0.237 e. The highest BCUT2D eigenvalue weighted by atomic mass is 32.1. The van der Waals surface area contributed by atoms with Crippen molar-refractivity contribution < 1.29 is 46.2 Å². The van der Waals surface area contributed by atoms with Crippen molar-refractivity contribution in [1.29, 1.82) is 0 Å². The van der Waals surface area contributed by atoms with Gasteiger partial charge in [0, 0.05) is 76.2 Å². The summed E-state index contributed by atoms with van der Waals surface area (Å²) in [7, 11) is 0. The molecule has 4 aliphatic rings. The first kappa shape index (κ1) is 32.4. The summed E-state index contributed by atoms with van der Waals surface area (Å²) in [6.07, 6.45) is 2.94. The molecule has 2 aromatic heterocycles. The van der Waals surface area contributed by atoms with Gasteiger partial charge in [-0.25, -0.2) is 17.6 Å². The Hall–Kier alpha value is -5.46. The molecule has 5 aromatic rings. The van der Waals surface area contributed by atoms with Crippen LogP contribution in [-0.2, 0) is 20.8 Å². The van der Waals surface area contributed by atoms with Gasteiger partial charge in [0.25, 0.3) is 0 Å². The molecule has 2 aliphatic heterocycles. The van der Waals surface area contributed by atoms with Crippen molar-refractivity contribution >= 4 is 69.1 Å². The Morgan fingerprint density at radius 2 is 0.904 bits per heavy atom. The molecule has 2 aliphatic carbocycles. The largest absolute Gasteiger partial charge is 0.482 e. The first-order chi connectivity index (χ1) is 24.5. The Morgan fingerprint density at radius 3 is 1.29 bits per heavy atom. The molecule has 6 nitrogen and oxygen atoms in total. The molecule has 258 valence electrons. The third kappa shape index (κ3) is 4.53. The van der Waals surface area contributed by atoms with E-state index in [1.54, 1.807) is 0 Å². The van der Waals surface area contributed by atoms with Crippen LogP contribution < -0.4 is 9.47 Å². The summed E-state index contributed by atoms with van der Waals surface area (Å²) in [5, 5.41) is 0. The van der Waals surface area contributed by atoms with E-state index in [1.165, 1.54) is 34.8 Å². The van der Waals surface area contributed by atoms with E-state index in [-0.39, 0.29) is 22.3 Å². The van der Waals surface area contributed by atoms with Crippen molar-refractivity contribution in [1.82, 2.24) is 0 Å². The highest BCUT2D eigenvalue weighted by molar-refractivity contribution is 7.17. The molecule has 0 spiro atoms. The molecule has 0 amide bonds. The molecule has 0 fully saturated rings. The van der Waals surface area contributed by atoms with Crippen LogP contribution in [0.3, 0.4) is 0 Å². The lowest BCUT2D eigenvalue weighted by atomic mass is 9.88. The molecule has 12 heteroatoms. The molecule has 4 heterocycles. The topological polar surface area (TPSA) is 86.7 Å². The van der Waals surface area contributed by atoms with E-state index < -0.39 is 68.7 Å². The van der Waals surface area contributed by atoms with Crippen LogP contribution in [-0.4, -0.2) is 23.1 Å². The molecule has 0 N–H and O–H groups in total. The van der Waals surface area contributed by atoms with Crippen LogP contribution in [0, 0.1) is 23.3 Å². The minimum Gasteiger partial charge on any atom is -0.482 e. The minimum absolute atomic E-state index is 0.0892. The summed E-state index contributed by atoms with van der Waals surface area (Å²) in [6, 6.07) is 10.5. The minimum atomic E-state index is -1.09. The highest BCUT2D eigenvalue weighted by Gasteiger charge is 2.42. The molecule has 0 atom stereocenters. The zero-order valence-corrected chi connectivity index (χ0v) is 29.2. The number of carbonyl (C=O) groups is 4. The summed E-state index contributed by atoms with van der Waals surface area (Å²) in [5.74, 6) is -6.78. The molecular formula is C40H22F4O6S2. The van der Waals surface area contributed by atoms with E-state index in [9.17, 15) is 36.7 Å². The third-order valence-electron chi connectivity index (χ3n) is 9.72. The van der Waals surface area contributed by atoms with Gasteiger partial charge in [0.05, 0.1) is 11.1 Å². The quantitative estimate of drug-likeness (QED) is 0.102. The van der Waals surface area contributed by atoms with Crippen molar-refractivity contribution in [3.05, 3.63) is 115 Å². The second-order valence-electron chi connectivity index (χ2n) is 13.9. The molecule has 0 unspecified atom stereocenters. The fourth-order valence-corrected chi connectivity index (χ4v) is 9.87. The van der Waals surface area contributed by atoms with Crippen molar-refractivity contribution in [3.63, 3.8) is 0 Å². The predicted octanol–water partition coefficient (Wildman–Crippen LogP) is 9.57. The van der Waals surface area contributed by atoms with Gasteiger partial charge in [0.15, 0.2) is 0 Å². The monoisotopic (exact) mass is 738 g/mol. The van der Waals surface area contributed by atoms with Gasteiger partial charge >= 0.3 is 0 Å². The average Bonchev–Trinajstić information content (AvgIpc) is 3.79. The number of ether oxygens (including phenoxy) is 2. The summed E-state index contributed by atoms with van der Waals surface area (Å²) in [6.45, 7) is 7.52. The number of fused-ring (bicyclic) bond motifs is 8. The lowest BCUT2D eigenvalue weighted by molar-refractivity contribution is -0.110. The van der Waals surface area contributed by atoms with Crippen molar-refractivity contribution in [2.75, 3.05) is 0 Å². The molecule has 3 aromatic carbocycles. The van der Waals surface area contributed by atoms with Crippen molar-refractivity contribution in [2.45, 2.75) is 38.9 Å². The number of benzene rings is 3. The van der Waals surface area contributed by atoms with E-state index in [1.807, 2.05) is 52.0 Å². The molecule has 0 radical (unpaired) electrons. The second kappa shape index (κ2) is 10.5. The van der Waals surface area contributed by atoms with Gasteiger partial charge in [0.1, 0.15) is 46.0 Å². The van der Waals surface area contributed by atoms with Crippen LogP contribution >= 0.6 is 22.7 Å². The summed E-state index contributed by atoms with van der Waals surface area (Å²) in [5.41, 5.74) is 0.0534. The van der Waals surface area contributed by atoms with Gasteiger partial charge in [-0.1, -0.05) is 0 Å². The van der Waals surface area contributed by atoms with Gasteiger partial charge in [-0.3, -0.25) is 19.2 Å². The number of hydrogen-bond acceptors (Lipinski definition) is 8. The number of allylic oxidation sites excluding steroid dienone is 2. The standard InChI is InChI=1S/C40H22F4O6S2/c1-39(2)25-11-17(9-21-19-5-15(41)7-27(43)31(19)35(47)33(21)45)51-37(25)23-14-30-24(13-29(23)49-39)38-26(40(3,4)50-30)12-18(52-38)10-22-20-6-16(42)8-28(44)32(20)36(48)34(22)46/h5-14H,1-4H3/b21-9-,22-10-. The van der Waals surface area contributed by atoms with Gasteiger partial charge in [-0.2, -0.15) is 0 Å². The molecule has 52 heavy (non-hydrogen) atoms. The van der Waals surface area contributed by atoms with Gasteiger partial charge in [-0.15, -0.1) is 22.7 Å². The van der Waals surface area contributed by atoms with Crippen molar-refractivity contribution in [2.24, 2.45) is 0 Å². The average molecular weight is 739 g/mol. The molecule has 0 bridgehead atoms. The number of ketones is 4. The maximum atomic E-state index is 14.5. The number of thiophene rings is 2. The predicted molar refractivity (Wildman–Crippen MR) is 188 cm³/mol. The molecule has 0 saturated carbocycles. The lowest BCUT2D eigenvalue weighted by Crippen LogP contribution is -2.30. The van der Waals surface area contributed by atoms with Crippen LogP contribution in [0.5, 0.6) is 11.5 Å². The van der Waals surface area contributed by atoms with E-state index in [0.717, 1.165) is 33.0 Å². The number of rotatable bonds is 2. The number of hydrogen-bond donors (Lipinski definition) is 0. The van der Waals surface area contributed by atoms with Crippen LogP contribution in [0.4, 0.5) is 17.6 Å². The van der Waals surface area contributed by atoms with Crippen LogP contribution in [0.25, 0.3) is 44.2 Å².